The lowest BCUT2D eigenvalue weighted by Gasteiger charge is -2.45. The predicted molar refractivity (Wildman–Crippen MR) is 90.0 cm³/mol. The molecule has 0 aromatic carbocycles. The molecule has 2 atom stereocenters. The van der Waals surface area contributed by atoms with Gasteiger partial charge in [0.15, 0.2) is 0 Å². The van der Waals surface area contributed by atoms with Gasteiger partial charge in [0.25, 0.3) is 0 Å². The third-order valence-electron chi connectivity index (χ3n) is 4.88. The van der Waals surface area contributed by atoms with Crippen molar-refractivity contribution in [3.63, 3.8) is 0 Å². The van der Waals surface area contributed by atoms with Crippen LogP contribution in [0.5, 0.6) is 0 Å². The fourth-order valence-corrected chi connectivity index (χ4v) is 4.60. The van der Waals surface area contributed by atoms with E-state index in [0.717, 1.165) is 19.1 Å². The molecule has 2 aliphatic heterocycles. The number of likely N-dealkylation sites (N-methyl/N-ethyl adjacent to an activating group) is 1. The number of carbonyl (C=O) groups is 1. The SMILES string of the molecule is CNC(=O)NC[C@H]1CCN(C2CCSCC2)C[C@H]1N(C)C. The number of carbonyl (C=O) groups excluding carboxylic acids is 1. The molecule has 0 bridgehead atoms. The molecule has 2 fully saturated rings. The number of nitrogens with one attached hydrogen (secondary N) is 2. The highest BCUT2D eigenvalue weighted by molar-refractivity contribution is 7.99. The van der Waals surface area contributed by atoms with Gasteiger partial charge in [-0.3, -0.25) is 4.90 Å². The molecule has 21 heavy (non-hydrogen) atoms. The lowest BCUT2D eigenvalue weighted by molar-refractivity contribution is 0.0526. The zero-order valence-electron chi connectivity index (χ0n) is 13.6. The van der Waals surface area contributed by atoms with Crippen molar-refractivity contribution in [3.8, 4) is 0 Å². The summed E-state index contributed by atoms with van der Waals surface area (Å²) >= 11 is 2.09. The Morgan fingerprint density at radius 1 is 1.29 bits per heavy atom. The smallest absolute Gasteiger partial charge is 0.314 e. The molecule has 0 unspecified atom stereocenters. The maximum absolute atomic E-state index is 11.4. The molecule has 0 aliphatic carbocycles. The van der Waals surface area contributed by atoms with Gasteiger partial charge in [0.05, 0.1) is 0 Å². The van der Waals surface area contributed by atoms with Gasteiger partial charge in [-0.25, -0.2) is 4.79 Å². The number of piperidine rings is 1. The van der Waals surface area contributed by atoms with Crippen LogP contribution in [0.3, 0.4) is 0 Å². The van der Waals surface area contributed by atoms with Gasteiger partial charge in [0, 0.05) is 32.2 Å². The quantitative estimate of drug-likeness (QED) is 0.815. The van der Waals surface area contributed by atoms with E-state index < -0.39 is 0 Å². The number of hydrogen-bond acceptors (Lipinski definition) is 4. The van der Waals surface area contributed by atoms with Gasteiger partial charge in [-0.15, -0.1) is 0 Å². The van der Waals surface area contributed by atoms with Crippen molar-refractivity contribution >= 4 is 17.8 Å². The van der Waals surface area contributed by atoms with Crippen LogP contribution in [-0.2, 0) is 0 Å². The molecule has 6 heteroatoms. The fraction of sp³-hybridized carbons (Fsp3) is 0.933. The van der Waals surface area contributed by atoms with Crippen LogP contribution in [-0.4, -0.2) is 80.2 Å². The molecule has 5 nitrogen and oxygen atoms in total. The van der Waals surface area contributed by atoms with Crippen molar-refractivity contribution in [2.75, 3.05) is 52.3 Å². The Labute approximate surface area is 133 Å². The van der Waals surface area contributed by atoms with Crippen LogP contribution in [0.15, 0.2) is 0 Å². The molecule has 0 aromatic heterocycles. The molecule has 2 rings (SSSR count). The number of amides is 2. The first-order valence-corrected chi connectivity index (χ1v) is 9.21. The Morgan fingerprint density at radius 2 is 2.00 bits per heavy atom. The summed E-state index contributed by atoms with van der Waals surface area (Å²) in [4.78, 5) is 16.4. The van der Waals surface area contributed by atoms with Gasteiger partial charge in [-0.2, -0.15) is 11.8 Å². The van der Waals surface area contributed by atoms with E-state index in [4.69, 9.17) is 0 Å². The minimum atomic E-state index is -0.0701. The Kier molecular flexibility index (Phi) is 6.64. The Balaban J connectivity index is 1.89. The fourth-order valence-electron chi connectivity index (χ4n) is 3.52. The summed E-state index contributed by atoms with van der Waals surface area (Å²) in [5.74, 6) is 3.18. The highest BCUT2D eigenvalue weighted by Crippen LogP contribution is 2.27. The summed E-state index contributed by atoms with van der Waals surface area (Å²) in [6, 6.07) is 1.24. The average Bonchev–Trinajstić information content (AvgIpc) is 2.53. The topological polar surface area (TPSA) is 47.6 Å². The molecule has 2 aliphatic rings. The molecule has 2 saturated heterocycles. The van der Waals surface area contributed by atoms with Crippen molar-refractivity contribution in [3.05, 3.63) is 0 Å². The van der Waals surface area contributed by atoms with Crippen molar-refractivity contribution in [2.24, 2.45) is 5.92 Å². The Morgan fingerprint density at radius 3 is 2.62 bits per heavy atom. The van der Waals surface area contributed by atoms with Crippen molar-refractivity contribution in [1.82, 2.24) is 20.4 Å². The third-order valence-corrected chi connectivity index (χ3v) is 5.92. The second kappa shape index (κ2) is 8.25. The molecule has 0 spiro atoms. The minimum Gasteiger partial charge on any atom is -0.341 e. The zero-order valence-corrected chi connectivity index (χ0v) is 14.4. The lowest BCUT2D eigenvalue weighted by atomic mass is 9.89. The molecule has 0 saturated carbocycles. The summed E-state index contributed by atoms with van der Waals surface area (Å²) < 4.78 is 0. The molecule has 122 valence electrons. The lowest BCUT2D eigenvalue weighted by Crippen LogP contribution is -2.56. The maximum atomic E-state index is 11.4. The monoisotopic (exact) mass is 314 g/mol. The summed E-state index contributed by atoms with van der Waals surface area (Å²) in [5.41, 5.74) is 0. The summed E-state index contributed by atoms with van der Waals surface area (Å²) in [7, 11) is 6.00. The van der Waals surface area contributed by atoms with Crippen molar-refractivity contribution in [1.29, 1.82) is 0 Å². The maximum Gasteiger partial charge on any atom is 0.314 e. The van der Waals surface area contributed by atoms with E-state index in [2.05, 4.69) is 46.3 Å². The van der Waals surface area contributed by atoms with Gasteiger partial charge in [0.2, 0.25) is 0 Å². The Bertz CT molecular complexity index is 334. The van der Waals surface area contributed by atoms with Crippen LogP contribution < -0.4 is 10.6 Å². The third kappa shape index (κ3) is 4.76. The minimum absolute atomic E-state index is 0.0701. The highest BCUT2D eigenvalue weighted by Gasteiger charge is 2.34. The number of rotatable bonds is 4. The van der Waals surface area contributed by atoms with Gasteiger partial charge < -0.3 is 15.5 Å². The van der Waals surface area contributed by atoms with E-state index in [1.807, 2.05) is 0 Å². The van der Waals surface area contributed by atoms with E-state index >= 15 is 0 Å². The van der Waals surface area contributed by atoms with Gasteiger partial charge in [-0.1, -0.05) is 0 Å². The molecule has 0 aromatic rings. The van der Waals surface area contributed by atoms with E-state index in [0.29, 0.717) is 12.0 Å². The van der Waals surface area contributed by atoms with Crippen LogP contribution in [0.2, 0.25) is 0 Å². The first-order chi connectivity index (χ1) is 10.1. The van der Waals surface area contributed by atoms with Gasteiger partial charge >= 0.3 is 6.03 Å². The molecule has 0 radical (unpaired) electrons. The molecular weight excluding hydrogens is 284 g/mol. The van der Waals surface area contributed by atoms with Crippen LogP contribution >= 0.6 is 11.8 Å². The summed E-state index contributed by atoms with van der Waals surface area (Å²) in [6.07, 6.45) is 3.86. The largest absolute Gasteiger partial charge is 0.341 e. The molecule has 2 amide bonds. The number of nitrogens with zero attached hydrogens (tertiary/aromatic N) is 2. The van der Waals surface area contributed by atoms with Crippen LogP contribution in [0.1, 0.15) is 19.3 Å². The standard InChI is InChI=1S/C15H30N4OS/c1-16-15(20)17-10-12-4-7-19(11-14(12)18(2)3)13-5-8-21-9-6-13/h12-14H,4-11H2,1-3H3,(H2,16,17,20)/t12-,14-/m1/s1. The number of thioether (sulfide) groups is 1. The normalized spacial score (nSPS) is 28.6. The zero-order chi connectivity index (χ0) is 15.2. The molecular formula is C15H30N4OS. The Hall–Kier alpha value is -0.460. The van der Waals surface area contributed by atoms with Crippen LogP contribution in [0.25, 0.3) is 0 Å². The first-order valence-electron chi connectivity index (χ1n) is 8.05. The highest BCUT2D eigenvalue weighted by atomic mass is 32.2. The van der Waals surface area contributed by atoms with Crippen molar-refractivity contribution < 1.29 is 4.79 Å². The van der Waals surface area contributed by atoms with E-state index in [9.17, 15) is 4.79 Å². The van der Waals surface area contributed by atoms with E-state index in [-0.39, 0.29) is 6.03 Å². The predicted octanol–water partition coefficient (Wildman–Crippen LogP) is 1.06. The number of urea groups is 1. The second-order valence-electron chi connectivity index (χ2n) is 6.38. The second-order valence-corrected chi connectivity index (χ2v) is 7.60. The summed E-state index contributed by atoms with van der Waals surface area (Å²) in [6.45, 7) is 3.10. The van der Waals surface area contributed by atoms with E-state index in [1.54, 1.807) is 7.05 Å². The van der Waals surface area contributed by atoms with Gasteiger partial charge in [-0.05, 0) is 57.3 Å². The van der Waals surface area contributed by atoms with Crippen LogP contribution in [0, 0.1) is 5.92 Å². The first kappa shape index (κ1) is 16.9. The molecule has 2 N–H and O–H groups in total. The molecule has 2 heterocycles. The van der Waals surface area contributed by atoms with Crippen molar-refractivity contribution in [2.45, 2.75) is 31.3 Å². The van der Waals surface area contributed by atoms with E-state index in [1.165, 1.54) is 37.3 Å². The van der Waals surface area contributed by atoms with Gasteiger partial charge in [0.1, 0.15) is 0 Å². The average molecular weight is 314 g/mol. The number of likely N-dealkylation sites (tertiary alicyclic amines) is 1. The number of hydrogen-bond donors (Lipinski definition) is 2. The summed E-state index contributed by atoms with van der Waals surface area (Å²) in [5, 5.41) is 5.62. The van der Waals surface area contributed by atoms with Crippen LogP contribution in [0.4, 0.5) is 4.79 Å².